The van der Waals surface area contributed by atoms with Crippen molar-refractivity contribution < 1.29 is 24.2 Å². The second kappa shape index (κ2) is 15.0. The molecule has 0 radical (unpaired) electrons. The maximum atomic E-state index is 14.5. The van der Waals surface area contributed by atoms with Gasteiger partial charge in [0.05, 0.1) is 5.56 Å². The first-order valence-corrected chi connectivity index (χ1v) is 18.0. The van der Waals surface area contributed by atoms with Gasteiger partial charge in [-0.1, -0.05) is 60.7 Å². The van der Waals surface area contributed by atoms with Gasteiger partial charge in [0, 0.05) is 67.0 Å². The summed E-state index contributed by atoms with van der Waals surface area (Å²) in [5.41, 5.74) is 7.32. The third-order valence-corrected chi connectivity index (χ3v) is 10.3. The quantitative estimate of drug-likeness (QED) is 0.165. The van der Waals surface area contributed by atoms with Crippen molar-refractivity contribution in [3.63, 3.8) is 0 Å². The van der Waals surface area contributed by atoms with Crippen LogP contribution in [0, 0.1) is 6.92 Å². The molecule has 0 aliphatic carbocycles. The summed E-state index contributed by atoms with van der Waals surface area (Å²) in [5, 5.41) is 10.1. The number of carbonyl (C=O) groups is 3. The second-order valence-corrected chi connectivity index (χ2v) is 14.9. The van der Waals surface area contributed by atoms with E-state index in [1.807, 2.05) is 129 Å². The zero-order valence-corrected chi connectivity index (χ0v) is 31.6. The monoisotopic (exact) mass is 712 g/mol. The molecular formula is C44H48N4O5. The molecule has 274 valence electrons. The predicted octanol–water partition coefficient (Wildman–Crippen LogP) is 8.72. The van der Waals surface area contributed by atoms with E-state index >= 15 is 0 Å². The molecule has 6 rings (SSSR count). The van der Waals surface area contributed by atoms with E-state index in [1.165, 1.54) is 10.5 Å². The van der Waals surface area contributed by atoms with E-state index in [4.69, 9.17) is 4.74 Å². The summed E-state index contributed by atoms with van der Waals surface area (Å²) < 4.78 is 7.88. The van der Waals surface area contributed by atoms with Gasteiger partial charge in [0.1, 0.15) is 12.4 Å². The lowest BCUT2D eigenvalue weighted by Crippen LogP contribution is -2.44. The van der Waals surface area contributed by atoms with Crippen LogP contribution in [-0.2, 0) is 33.2 Å². The molecule has 5 aromatic rings. The molecule has 4 aromatic carbocycles. The normalized spacial score (nSPS) is 14.0. The Hall–Kier alpha value is -5.83. The summed E-state index contributed by atoms with van der Waals surface area (Å²) in [7, 11) is 3.63. The number of aromatic nitrogens is 1. The Morgan fingerprint density at radius 2 is 1.51 bits per heavy atom. The van der Waals surface area contributed by atoms with Gasteiger partial charge in [-0.2, -0.15) is 0 Å². The number of hydrogen-bond acceptors (Lipinski definition) is 4. The fourth-order valence-corrected chi connectivity index (χ4v) is 6.95. The van der Waals surface area contributed by atoms with E-state index in [0.29, 0.717) is 47.0 Å². The summed E-state index contributed by atoms with van der Waals surface area (Å²) >= 11 is 0. The summed E-state index contributed by atoms with van der Waals surface area (Å²) in [6, 6.07) is 32.9. The summed E-state index contributed by atoms with van der Waals surface area (Å²) in [5.74, 6) is 0.392. The molecule has 0 spiro atoms. The molecule has 0 fully saturated rings. The molecule has 0 bridgehead atoms. The van der Waals surface area contributed by atoms with Crippen molar-refractivity contribution >= 4 is 23.6 Å². The number of carbonyl (C=O) groups excluding carboxylic acids is 2. The van der Waals surface area contributed by atoms with E-state index in [0.717, 1.165) is 28.8 Å². The smallest absolute Gasteiger partial charge is 0.408 e. The molecule has 1 atom stereocenters. The molecule has 53 heavy (non-hydrogen) atoms. The van der Waals surface area contributed by atoms with Gasteiger partial charge in [0.25, 0.3) is 11.8 Å². The summed E-state index contributed by atoms with van der Waals surface area (Å²) in [6.07, 6.45) is -0.274. The molecule has 2 heterocycles. The van der Waals surface area contributed by atoms with E-state index < -0.39 is 11.6 Å². The number of anilines is 1. The number of amides is 3. The minimum Gasteiger partial charge on any atom is -0.489 e. The highest BCUT2D eigenvalue weighted by Gasteiger charge is 2.31. The minimum absolute atomic E-state index is 0.0237. The molecule has 1 aliphatic heterocycles. The average molecular weight is 713 g/mol. The fourth-order valence-electron chi connectivity index (χ4n) is 6.95. The predicted molar refractivity (Wildman–Crippen MR) is 208 cm³/mol. The van der Waals surface area contributed by atoms with Gasteiger partial charge in [-0.05, 0) is 106 Å². The first-order valence-electron chi connectivity index (χ1n) is 18.0. The second-order valence-electron chi connectivity index (χ2n) is 14.9. The molecule has 3 amide bonds. The lowest BCUT2D eigenvalue weighted by atomic mass is 9.93. The first-order chi connectivity index (χ1) is 25.2. The van der Waals surface area contributed by atoms with Gasteiger partial charge in [-0.25, -0.2) is 4.79 Å². The van der Waals surface area contributed by atoms with Crippen LogP contribution in [0.2, 0.25) is 0 Å². The minimum atomic E-state index is -1.03. The first kappa shape index (κ1) is 36.9. The van der Waals surface area contributed by atoms with Crippen LogP contribution in [-0.4, -0.2) is 56.0 Å². The lowest BCUT2D eigenvalue weighted by molar-refractivity contribution is 0.0658. The molecule has 0 unspecified atom stereocenters. The molecule has 1 aromatic heterocycles. The number of benzene rings is 4. The Kier molecular flexibility index (Phi) is 10.5. The van der Waals surface area contributed by atoms with Crippen molar-refractivity contribution in [2.45, 2.75) is 72.3 Å². The molecule has 1 N–H and O–H groups in total. The number of carboxylic acid groups (broad SMARTS) is 1. The highest BCUT2D eigenvalue weighted by molar-refractivity contribution is 6.08. The van der Waals surface area contributed by atoms with Crippen molar-refractivity contribution in [2.24, 2.45) is 7.05 Å². The van der Waals surface area contributed by atoms with Crippen molar-refractivity contribution in [3.05, 3.63) is 142 Å². The maximum Gasteiger partial charge on any atom is 0.408 e. The van der Waals surface area contributed by atoms with Gasteiger partial charge >= 0.3 is 6.09 Å². The molecule has 1 aliphatic rings. The van der Waals surface area contributed by atoms with Gasteiger partial charge in [0.2, 0.25) is 0 Å². The number of fused-ring (bicyclic) bond motifs is 1. The maximum absolute atomic E-state index is 14.5. The largest absolute Gasteiger partial charge is 0.489 e. The Morgan fingerprint density at radius 3 is 2.17 bits per heavy atom. The van der Waals surface area contributed by atoms with Crippen LogP contribution in [0.3, 0.4) is 0 Å². The van der Waals surface area contributed by atoms with Crippen LogP contribution in [0.4, 0.5) is 10.5 Å². The van der Waals surface area contributed by atoms with Crippen molar-refractivity contribution in [3.8, 4) is 17.0 Å². The van der Waals surface area contributed by atoms with Gasteiger partial charge in [0.15, 0.2) is 0 Å². The van der Waals surface area contributed by atoms with E-state index in [-0.39, 0.29) is 24.4 Å². The molecular weight excluding hydrogens is 665 g/mol. The molecule has 9 nitrogen and oxygen atoms in total. The van der Waals surface area contributed by atoms with Crippen molar-refractivity contribution in [2.75, 3.05) is 11.9 Å². The van der Waals surface area contributed by atoms with Crippen LogP contribution in [0.5, 0.6) is 5.75 Å². The van der Waals surface area contributed by atoms with Crippen LogP contribution in [0.25, 0.3) is 11.3 Å². The Morgan fingerprint density at radius 1 is 0.849 bits per heavy atom. The zero-order chi connectivity index (χ0) is 38.0. The van der Waals surface area contributed by atoms with Crippen molar-refractivity contribution in [1.82, 2.24) is 14.4 Å². The third-order valence-electron chi connectivity index (χ3n) is 10.3. The standard InChI is InChI=1S/C44H48N4O5/c1-29-23-33-15-11-12-16-34(33)27-47(29)42(50)37-22-17-32(26-48(43(51)52)44(3,4)5)24-39(37)40-25-38(30(2)45(40)6)41(49)46(7)35-18-20-36(21-19-35)53-28-31-13-9-8-10-14-31/h8-22,24-25,29H,23,26-28H2,1-7H3,(H,51,52)/t29-/m1/s1. The van der Waals surface area contributed by atoms with Gasteiger partial charge in [-0.3, -0.25) is 14.5 Å². The summed E-state index contributed by atoms with van der Waals surface area (Å²) in [4.78, 5) is 45.8. The van der Waals surface area contributed by atoms with E-state index in [9.17, 15) is 19.5 Å². The van der Waals surface area contributed by atoms with Crippen LogP contribution >= 0.6 is 0 Å². The molecule has 0 saturated heterocycles. The fraction of sp³-hybridized carbons (Fsp3) is 0.295. The van der Waals surface area contributed by atoms with E-state index in [1.54, 1.807) is 18.0 Å². The number of rotatable bonds is 9. The zero-order valence-electron chi connectivity index (χ0n) is 31.6. The highest BCUT2D eigenvalue weighted by atomic mass is 16.5. The van der Waals surface area contributed by atoms with E-state index in [2.05, 4.69) is 19.1 Å². The van der Waals surface area contributed by atoms with Crippen LogP contribution in [0.1, 0.15) is 76.4 Å². The number of hydrogen-bond donors (Lipinski definition) is 1. The Labute approximate surface area is 312 Å². The van der Waals surface area contributed by atoms with Crippen molar-refractivity contribution in [1.29, 1.82) is 0 Å². The van der Waals surface area contributed by atoms with Crippen LogP contribution in [0.15, 0.2) is 103 Å². The van der Waals surface area contributed by atoms with Gasteiger partial charge in [-0.15, -0.1) is 0 Å². The SMILES string of the molecule is Cc1c(C(=O)N(C)c2ccc(OCc3ccccc3)cc2)cc(-c2cc(CN(C(=O)O)C(C)(C)C)ccc2C(=O)N2Cc3ccccc3C[C@H]2C)n1C. The number of nitrogens with zero attached hydrogens (tertiary/aromatic N) is 4. The van der Waals surface area contributed by atoms with Gasteiger partial charge < -0.3 is 24.2 Å². The molecule has 9 heteroatoms. The highest BCUT2D eigenvalue weighted by Crippen LogP contribution is 2.34. The third kappa shape index (κ3) is 7.84. The number of ether oxygens (including phenoxy) is 1. The average Bonchev–Trinajstić information content (AvgIpc) is 3.44. The molecule has 0 saturated carbocycles. The Bertz CT molecular complexity index is 2130. The lowest BCUT2D eigenvalue weighted by Gasteiger charge is -2.36. The Balaban J connectivity index is 1.33. The summed E-state index contributed by atoms with van der Waals surface area (Å²) in [6.45, 7) is 10.6. The topological polar surface area (TPSA) is 95.3 Å². The van der Waals surface area contributed by atoms with Crippen LogP contribution < -0.4 is 9.64 Å².